The lowest BCUT2D eigenvalue weighted by molar-refractivity contribution is 1.07. The van der Waals surface area contributed by atoms with Crippen molar-refractivity contribution in [1.82, 2.24) is 4.98 Å². The van der Waals surface area contributed by atoms with Crippen molar-refractivity contribution in [2.75, 3.05) is 5.75 Å². The van der Waals surface area contributed by atoms with Crippen LogP contribution in [0.1, 0.15) is 18.9 Å². The summed E-state index contributed by atoms with van der Waals surface area (Å²) in [6.45, 7) is 2.83. The Labute approximate surface area is 114 Å². The first-order valence-electron chi connectivity index (χ1n) is 6.13. The summed E-state index contributed by atoms with van der Waals surface area (Å²) in [5.74, 6) is 1.20. The highest BCUT2D eigenvalue weighted by Crippen LogP contribution is 2.16. The van der Waals surface area contributed by atoms with Gasteiger partial charge in [-0.05, 0) is 29.9 Å². The van der Waals surface area contributed by atoms with Crippen molar-refractivity contribution in [2.24, 2.45) is 5.73 Å². The summed E-state index contributed by atoms with van der Waals surface area (Å²) < 4.78 is 0. The lowest BCUT2D eigenvalue weighted by Crippen LogP contribution is -1.94. The second kappa shape index (κ2) is 9.68. The molecule has 0 spiro atoms. The van der Waals surface area contributed by atoms with Gasteiger partial charge in [0.1, 0.15) is 0 Å². The van der Waals surface area contributed by atoms with Gasteiger partial charge in [0.15, 0.2) is 0 Å². The van der Waals surface area contributed by atoms with E-state index in [0.29, 0.717) is 6.54 Å². The molecular formula is C15H20N2S. The van der Waals surface area contributed by atoms with Gasteiger partial charge >= 0.3 is 0 Å². The summed E-state index contributed by atoms with van der Waals surface area (Å²) in [5, 5.41) is 0. The van der Waals surface area contributed by atoms with Crippen molar-refractivity contribution < 1.29 is 0 Å². The van der Waals surface area contributed by atoms with Crippen LogP contribution in [0.3, 0.4) is 0 Å². The van der Waals surface area contributed by atoms with E-state index in [1.807, 2.05) is 66.6 Å². The van der Waals surface area contributed by atoms with Crippen LogP contribution in [-0.4, -0.2) is 10.7 Å². The van der Waals surface area contributed by atoms with Crippen LogP contribution < -0.4 is 5.73 Å². The lowest BCUT2D eigenvalue weighted by atomic mass is 10.2. The van der Waals surface area contributed by atoms with Crippen LogP contribution in [0.15, 0.2) is 59.8 Å². The standard InChI is InChI=1S/C8H11NS.C7H9N/c1-2-7-10-8-3-5-9-6-4-8;8-6-7-4-2-1-3-5-7/h3-6H,2,7H2,1H3;1-5H,6,8H2. The van der Waals surface area contributed by atoms with E-state index in [2.05, 4.69) is 11.9 Å². The summed E-state index contributed by atoms with van der Waals surface area (Å²) in [6, 6.07) is 14.1. The van der Waals surface area contributed by atoms with Crippen LogP contribution in [0.4, 0.5) is 0 Å². The molecular weight excluding hydrogens is 240 g/mol. The van der Waals surface area contributed by atoms with Crippen molar-refractivity contribution in [3.63, 3.8) is 0 Å². The molecule has 1 aromatic heterocycles. The molecule has 0 atom stereocenters. The minimum Gasteiger partial charge on any atom is -0.326 e. The predicted octanol–water partition coefficient (Wildman–Crippen LogP) is 3.73. The van der Waals surface area contributed by atoms with Gasteiger partial charge in [0.05, 0.1) is 0 Å². The molecule has 0 saturated carbocycles. The first-order chi connectivity index (χ1) is 8.86. The van der Waals surface area contributed by atoms with E-state index in [9.17, 15) is 0 Å². The van der Waals surface area contributed by atoms with Gasteiger partial charge in [-0.15, -0.1) is 11.8 Å². The van der Waals surface area contributed by atoms with Crippen LogP contribution >= 0.6 is 11.8 Å². The second-order valence-corrected chi connectivity index (χ2v) is 4.89. The predicted molar refractivity (Wildman–Crippen MR) is 79.6 cm³/mol. The van der Waals surface area contributed by atoms with E-state index in [0.717, 1.165) is 0 Å². The van der Waals surface area contributed by atoms with Gasteiger partial charge in [-0.2, -0.15) is 0 Å². The molecule has 2 nitrogen and oxygen atoms in total. The molecule has 1 aromatic carbocycles. The molecule has 1 heterocycles. The largest absolute Gasteiger partial charge is 0.326 e. The SMILES string of the molecule is CCCSc1ccncc1.NCc1ccccc1. The normalized spacial score (nSPS) is 9.44. The van der Waals surface area contributed by atoms with Gasteiger partial charge in [-0.1, -0.05) is 37.3 Å². The number of nitrogens with zero attached hydrogens (tertiary/aromatic N) is 1. The summed E-state index contributed by atoms with van der Waals surface area (Å²) in [5.41, 5.74) is 6.54. The van der Waals surface area contributed by atoms with Crippen LogP contribution in [0.2, 0.25) is 0 Å². The molecule has 2 aromatic rings. The van der Waals surface area contributed by atoms with Crippen molar-refractivity contribution in [2.45, 2.75) is 24.8 Å². The summed E-state index contributed by atoms with van der Waals surface area (Å²) in [4.78, 5) is 5.26. The first kappa shape index (κ1) is 14.7. The highest BCUT2D eigenvalue weighted by molar-refractivity contribution is 7.99. The van der Waals surface area contributed by atoms with Gasteiger partial charge in [0.25, 0.3) is 0 Å². The minimum absolute atomic E-state index is 0.640. The molecule has 18 heavy (non-hydrogen) atoms. The number of thioether (sulfide) groups is 1. The zero-order chi connectivity index (χ0) is 13.1. The van der Waals surface area contributed by atoms with Gasteiger partial charge in [0.2, 0.25) is 0 Å². The quantitative estimate of drug-likeness (QED) is 0.851. The minimum atomic E-state index is 0.640. The maximum absolute atomic E-state index is 5.35. The van der Waals surface area contributed by atoms with Crippen LogP contribution in [0.5, 0.6) is 0 Å². The molecule has 3 heteroatoms. The van der Waals surface area contributed by atoms with Crippen LogP contribution in [0, 0.1) is 0 Å². The van der Waals surface area contributed by atoms with E-state index in [1.165, 1.54) is 22.6 Å². The highest BCUT2D eigenvalue weighted by Gasteiger charge is 1.88. The van der Waals surface area contributed by atoms with Crippen molar-refractivity contribution in [3.05, 3.63) is 60.4 Å². The summed E-state index contributed by atoms with van der Waals surface area (Å²) in [7, 11) is 0. The molecule has 0 amide bonds. The molecule has 0 unspecified atom stereocenters. The third-order valence-electron chi connectivity index (χ3n) is 2.20. The number of pyridine rings is 1. The van der Waals surface area contributed by atoms with Gasteiger partial charge < -0.3 is 5.73 Å². The van der Waals surface area contributed by atoms with E-state index < -0.39 is 0 Å². The van der Waals surface area contributed by atoms with Crippen molar-refractivity contribution >= 4 is 11.8 Å². The maximum Gasteiger partial charge on any atom is 0.0278 e. The molecule has 0 bridgehead atoms. The Balaban J connectivity index is 0.000000184. The third-order valence-corrected chi connectivity index (χ3v) is 3.42. The fourth-order valence-corrected chi connectivity index (χ4v) is 2.02. The third kappa shape index (κ3) is 6.42. The monoisotopic (exact) mass is 260 g/mol. The molecule has 96 valence electrons. The fourth-order valence-electron chi connectivity index (χ4n) is 1.27. The van der Waals surface area contributed by atoms with E-state index in [-0.39, 0.29) is 0 Å². The smallest absolute Gasteiger partial charge is 0.0278 e. The van der Waals surface area contributed by atoms with Crippen molar-refractivity contribution in [1.29, 1.82) is 0 Å². The van der Waals surface area contributed by atoms with E-state index >= 15 is 0 Å². The average molecular weight is 260 g/mol. The number of nitrogens with two attached hydrogens (primary N) is 1. The summed E-state index contributed by atoms with van der Waals surface area (Å²) in [6.07, 6.45) is 4.89. The Morgan fingerprint density at radius 1 is 1.06 bits per heavy atom. The van der Waals surface area contributed by atoms with Crippen molar-refractivity contribution in [3.8, 4) is 0 Å². The number of aromatic nitrogens is 1. The topological polar surface area (TPSA) is 38.9 Å². The maximum atomic E-state index is 5.35. The zero-order valence-corrected chi connectivity index (χ0v) is 11.6. The fraction of sp³-hybridized carbons (Fsp3) is 0.267. The van der Waals surface area contributed by atoms with E-state index in [4.69, 9.17) is 5.73 Å². The zero-order valence-electron chi connectivity index (χ0n) is 10.8. The molecule has 0 fully saturated rings. The molecule has 0 aliphatic carbocycles. The molecule has 2 rings (SSSR count). The number of rotatable bonds is 4. The molecule has 0 aliphatic heterocycles. The Morgan fingerprint density at radius 3 is 2.22 bits per heavy atom. The van der Waals surface area contributed by atoms with Gasteiger partial charge in [-0.3, -0.25) is 4.98 Å². The van der Waals surface area contributed by atoms with Crippen LogP contribution in [-0.2, 0) is 6.54 Å². The lowest BCUT2D eigenvalue weighted by Gasteiger charge is -1.95. The van der Waals surface area contributed by atoms with Gasteiger partial charge in [-0.25, -0.2) is 0 Å². The number of hydrogen-bond acceptors (Lipinski definition) is 3. The molecule has 0 radical (unpaired) electrons. The Morgan fingerprint density at radius 2 is 1.72 bits per heavy atom. The highest BCUT2D eigenvalue weighted by atomic mass is 32.2. The van der Waals surface area contributed by atoms with Crippen LogP contribution in [0.25, 0.3) is 0 Å². The number of benzene rings is 1. The summed E-state index contributed by atoms with van der Waals surface area (Å²) >= 11 is 1.88. The Kier molecular flexibility index (Phi) is 7.93. The van der Waals surface area contributed by atoms with E-state index in [1.54, 1.807) is 0 Å². The second-order valence-electron chi connectivity index (χ2n) is 3.72. The molecule has 2 N–H and O–H groups in total. The number of hydrogen-bond donors (Lipinski definition) is 1. The Hall–Kier alpha value is -1.32. The molecule has 0 saturated heterocycles. The van der Waals surface area contributed by atoms with Gasteiger partial charge in [0, 0.05) is 23.8 Å². The first-order valence-corrected chi connectivity index (χ1v) is 7.12. The molecule has 0 aliphatic rings. The Bertz CT molecular complexity index is 403. The average Bonchev–Trinajstić information content (AvgIpc) is 2.48.